The van der Waals surface area contributed by atoms with Crippen molar-refractivity contribution in [3.63, 3.8) is 0 Å². The summed E-state index contributed by atoms with van der Waals surface area (Å²) in [6.45, 7) is 1.95. The first-order valence-electron chi connectivity index (χ1n) is 10.4. The molecule has 184 valence electrons. The van der Waals surface area contributed by atoms with E-state index in [0.717, 1.165) is 11.8 Å². The monoisotopic (exact) mass is 513 g/mol. The van der Waals surface area contributed by atoms with Gasteiger partial charge in [-0.1, -0.05) is 30.8 Å². The van der Waals surface area contributed by atoms with E-state index in [-0.39, 0.29) is 49.3 Å². The number of halogens is 1. The quantitative estimate of drug-likeness (QED) is 0.258. The van der Waals surface area contributed by atoms with Gasteiger partial charge in [0.25, 0.3) is 5.56 Å². The van der Waals surface area contributed by atoms with Gasteiger partial charge >= 0.3 is 7.60 Å². The van der Waals surface area contributed by atoms with Crippen LogP contribution in [-0.2, 0) is 36.3 Å². The van der Waals surface area contributed by atoms with Crippen LogP contribution in [0.4, 0.5) is 10.3 Å². The summed E-state index contributed by atoms with van der Waals surface area (Å²) in [5.41, 5.74) is 6.05. The molecule has 3 rings (SSSR count). The third-order valence-corrected chi connectivity index (χ3v) is 7.04. The Morgan fingerprint density at radius 3 is 2.91 bits per heavy atom. The highest BCUT2D eigenvalue weighted by Gasteiger charge is 2.26. The van der Waals surface area contributed by atoms with Crippen LogP contribution in [-0.4, -0.2) is 49.9 Å². The fourth-order valence-electron chi connectivity index (χ4n) is 2.82. The Labute approximate surface area is 198 Å². The molecule has 0 aliphatic rings. The average molecular weight is 513 g/mol. The van der Waals surface area contributed by atoms with Crippen molar-refractivity contribution in [1.82, 2.24) is 19.5 Å². The number of nitrogens with zero attached hydrogens (tertiary/aromatic N) is 3. The molecule has 34 heavy (non-hydrogen) atoms. The van der Waals surface area contributed by atoms with Crippen molar-refractivity contribution in [2.75, 3.05) is 31.0 Å². The molecule has 0 saturated heterocycles. The van der Waals surface area contributed by atoms with E-state index in [1.54, 1.807) is 17.6 Å². The molecular weight excluding hydrogens is 488 g/mol. The highest BCUT2D eigenvalue weighted by Crippen LogP contribution is 2.49. The maximum atomic E-state index is 13.4. The lowest BCUT2D eigenvalue weighted by Gasteiger charge is -2.19. The van der Waals surface area contributed by atoms with Gasteiger partial charge in [0.2, 0.25) is 5.95 Å². The molecule has 3 aromatic rings. The van der Waals surface area contributed by atoms with Crippen LogP contribution in [0, 0.1) is 5.82 Å². The predicted octanol–water partition coefficient (Wildman–Crippen LogP) is 2.91. The average Bonchev–Trinajstić information content (AvgIpc) is 3.21. The van der Waals surface area contributed by atoms with Crippen LogP contribution in [0.1, 0.15) is 18.9 Å². The number of ether oxygens (including phenoxy) is 1. The molecule has 1 aromatic carbocycles. The fraction of sp³-hybridized carbons (Fsp3) is 0.400. The van der Waals surface area contributed by atoms with Gasteiger partial charge in [0.1, 0.15) is 12.2 Å². The first-order valence-corrected chi connectivity index (χ1v) is 13.1. The van der Waals surface area contributed by atoms with Crippen LogP contribution in [0.5, 0.6) is 0 Å². The van der Waals surface area contributed by atoms with Gasteiger partial charge in [-0.25, -0.2) is 9.37 Å². The van der Waals surface area contributed by atoms with Gasteiger partial charge in [-0.05, 0) is 17.7 Å². The van der Waals surface area contributed by atoms with Gasteiger partial charge in [-0.2, -0.15) is 4.98 Å². The van der Waals surface area contributed by atoms with Crippen LogP contribution in [0.15, 0.2) is 35.4 Å². The summed E-state index contributed by atoms with van der Waals surface area (Å²) < 4.78 is 44.7. The number of aromatic nitrogens is 4. The molecule has 14 heteroatoms. The van der Waals surface area contributed by atoms with E-state index >= 15 is 0 Å². The van der Waals surface area contributed by atoms with Crippen LogP contribution in [0.25, 0.3) is 11.2 Å². The number of imidazole rings is 1. The number of hydrogen-bond donors (Lipinski definition) is 2. The van der Waals surface area contributed by atoms with Crippen molar-refractivity contribution in [3.8, 4) is 0 Å². The van der Waals surface area contributed by atoms with Gasteiger partial charge in [0.15, 0.2) is 16.3 Å². The van der Waals surface area contributed by atoms with Gasteiger partial charge in [-0.3, -0.25) is 19.1 Å². The second kappa shape index (κ2) is 12.2. The topological polar surface area (TPSA) is 151 Å². The lowest BCUT2D eigenvalue weighted by molar-refractivity contribution is -0.110. The molecule has 2 heterocycles. The van der Waals surface area contributed by atoms with Gasteiger partial charge in [-0.15, -0.1) is 0 Å². The van der Waals surface area contributed by atoms with E-state index in [9.17, 15) is 18.5 Å². The zero-order chi connectivity index (χ0) is 24.6. The SMILES string of the molecule is CCC(=O)SCCOP(=O)(COCCn1cnc2c(=O)[nH]c(N)nc21)OCc1cccc(F)c1. The van der Waals surface area contributed by atoms with E-state index in [1.807, 2.05) is 0 Å². The number of anilines is 1. The number of rotatable bonds is 13. The van der Waals surface area contributed by atoms with Crippen LogP contribution in [0.3, 0.4) is 0 Å². The zero-order valence-corrected chi connectivity index (χ0v) is 20.1. The highest BCUT2D eigenvalue weighted by atomic mass is 32.2. The number of fused-ring (bicyclic) bond motifs is 1. The Balaban J connectivity index is 1.58. The molecule has 11 nitrogen and oxygen atoms in total. The lowest BCUT2D eigenvalue weighted by Crippen LogP contribution is -2.13. The van der Waals surface area contributed by atoms with E-state index in [0.29, 0.717) is 23.4 Å². The van der Waals surface area contributed by atoms with Crippen molar-refractivity contribution in [1.29, 1.82) is 0 Å². The Morgan fingerprint density at radius 1 is 1.32 bits per heavy atom. The summed E-state index contributed by atoms with van der Waals surface area (Å²) in [5, 5.41) is -0.00370. The third kappa shape index (κ3) is 7.47. The summed E-state index contributed by atoms with van der Waals surface area (Å²) in [6, 6.07) is 5.71. The Kier molecular flexibility index (Phi) is 9.36. The maximum absolute atomic E-state index is 13.4. The molecule has 0 aliphatic carbocycles. The molecule has 0 aliphatic heterocycles. The first-order chi connectivity index (χ1) is 16.3. The minimum atomic E-state index is -3.72. The Hall–Kier alpha value is -2.57. The standard InChI is InChI=1S/C20H25FN5O6PS/c1-2-16(27)34-9-8-31-33(29,32-11-14-4-3-5-15(21)10-14)13-30-7-6-26-12-23-17-18(26)24-20(22)25-19(17)28/h3-5,10,12H,2,6-9,11,13H2,1H3,(H3,22,24,25,28). The van der Waals surface area contributed by atoms with Crippen molar-refractivity contribution in [2.24, 2.45) is 0 Å². The molecule has 0 saturated carbocycles. The fourth-order valence-corrected chi connectivity index (χ4v) is 4.83. The molecule has 2 aromatic heterocycles. The molecule has 3 N–H and O–H groups in total. The summed E-state index contributed by atoms with van der Waals surface area (Å²) >= 11 is 1.08. The number of hydrogen-bond acceptors (Lipinski definition) is 10. The summed E-state index contributed by atoms with van der Waals surface area (Å²) in [5.74, 6) is -0.172. The number of benzene rings is 1. The van der Waals surface area contributed by atoms with Crippen molar-refractivity contribution in [3.05, 3.63) is 52.3 Å². The number of aromatic amines is 1. The maximum Gasteiger partial charge on any atom is 0.356 e. The minimum absolute atomic E-state index is 0.00370. The number of carbonyl (C=O) groups excluding carboxylic acids is 1. The molecule has 0 spiro atoms. The minimum Gasteiger partial charge on any atom is -0.369 e. The third-order valence-electron chi connectivity index (χ3n) is 4.46. The van der Waals surface area contributed by atoms with E-state index in [1.165, 1.54) is 24.5 Å². The molecular formula is C20H25FN5O6PS. The van der Waals surface area contributed by atoms with Crippen molar-refractivity contribution >= 4 is 41.6 Å². The molecule has 0 radical (unpaired) electrons. The van der Waals surface area contributed by atoms with Crippen LogP contribution in [0.2, 0.25) is 0 Å². The summed E-state index contributed by atoms with van der Waals surface area (Å²) in [6.07, 6.45) is 1.45. The molecule has 0 fully saturated rings. The normalized spacial score (nSPS) is 13.2. The number of thioether (sulfide) groups is 1. The predicted molar refractivity (Wildman–Crippen MR) is 126 cm³/mol. The summed E-state index contributed by atoms with van der Waals surface area (Å²) in [7, 11) is -3.72. The molecule has 1 atom stereocenters. The second-order valence-corrected chi connectivity index (χ2v) is 10.2. The van der Waals surface area contributed by atoms with Crippen LogP contribution >= 0.6 is 19.4 Å². The first kappa shape index (κ1) is 26.0. The van der Waals surface area contributed by atoms with E-state index in [2.05, 4.69) is 15.0 Å². The Morgan fingerprint density at radius 2 is 2.15 bits per heavy atom. The largest absolute Gasteiger partial charge is 0.369 e. The molecule has 0 amide bonds. The number of carbonyl (C=O) groups is 1. The number of nitrogen functional groups attached to an aromatic ring is 1. The molecule has 1 unspecified atom stereocenters. The second-order valence-electron chi connectivity index (χ2n) is 7.02. The lowest BCUT2D eigenvalue weighted by atomic mass is 10.2. The number of H-pyrrole nitrogens is 1. The van der Waals surface area contributed by atoms with Gasteiger partial charge in [0.05, 0.1) is 26.1 Å². The van der Waals surface area contributed by atoms with Crippen LogP contribution < -0.4 is 11.3 Å². The number of nitrogens with two attached hydrogens (primary N) is 1. The van der Waals surface area contributed by atoms with Crippen molar-refractivity contribution in [2.45, 2.75) is 26.5 Å². The summed E-state index contributed by atoms with van der Waals surface area (Å²) in [4.78, 5) is 33.8. The zero-order valence-electron chi connectivity index (χ0n) is 18.4. The van der Waals surface area contributed by atoms with E-state index in [4.69, 9.17) is 19.5 Å². The van der Waals surface area contributed by atoms with Gasteiger partial charge < -0.3 is 24.1 Å². The highest BCUT2D eigenvalue weighted by molar-refractivity contribution is 8.13. The van der Waals surface area contributed by atoms with E-state index < -0.39 is 19.0 Å². The van der Waals surface area contributed by atoms with Gasteiger partial charge in [0, 0.05) is 18.7 Å². The smallest absolute Gasteiger partial charge is 0.356 e. The number of nitrogens with one attached hydrogen (secondary N) is 1. The molecule has 0 bridgehead atoms. The Bertz CT molecular complexity index is 1240. The van der Waals surface area contributed by atoms with Crippen molar-refractivity contribution < 1.29 is 27.5 Å².